The van der Waals surface area contributed by atoms with E-state index in [2.05, 4.69) is 0 Å². The monoisotopic (exact) mass is 460 g/mol. The number of methoxy groups -OCH3 is 2. The second-order valence-electron chi connectivity index (χ2n) is 8.17. The lowest BCUT2D eigenvalue weighted by atomic mass is 10.1. The van der Waals surface area contributed by atoms with Crippen molar-refractivity contribution in [3.05, 3.63) is 36.2 Å². The van der Waals surface area contributed by atoms with Crippen LogP contribution in [0.1, 0.15) is 33.6 Å². The number of hydrogen-bond acceptors (Lipinski definition) is 7. The van der Waals surface area contributed by atoms with Crippen LogP contribution in [-0.4, -0.2) is 59.8 Å². The summed E-state index contributed by atoms with van der Waals surface area (Å²) in [4.78, 5) is 11.9. The predicted octanol–water partition coefficient (Wildman–Crippen LogP) is 3.72. The summed E-state index contributed by atoms with van der Waals surface area (Å²) in [5.74, 6) is -0.408. The average molecular weight is 461 g/mol. The quantitative estimate of drug-likeness (QED) is 0.415. The third-order valence-electron chi connectivity index (χ3n) is 4.09. The Bertz CT molecular complexity index is 805. The van der Waals surface area contributed by atoms with Crippen molar-refractivity contribution in [2.24, 2.45) is 5.92 Å². The van der Waals surface area contributed by atoms with Gasteiger partial charge in [0.1, 0.15) is 18.0 Å². The van der Waals surface area contributed by atoms with Crippen molar-refractivity contribution in [2.45, 2.75) is 44.1 Å². The molecule has 0 fully saturated rings. The van der Waals surface area contributed by atoms with Crippen LogP contribution >= 0.6 is 0 Å². The minimum atomic E-state index is -3.53. The number of halogens is 1. The molecule has 1 aromatic rings. The van der Waals surface area contributed by atoms with Crippen molar-refractivity contribution in [1.29, 1.82) is 0 Å². The minimum absolute atomic E-state index is 0.0394. The Morgan fingerprint density at radius 2 is 1.65 bits per heavy atom. The van der Waals surface area contributed by atoms with Gasteiger partial charge < -0.3 is 18.9 Å². The molecule has 0 atom stereocenters. The zero-order chi connectivity index (χ0) is 23.5. The van der Waals surface area contributed by atoms with E-state index in [1.165, 1.54) is 38.5 Å². The fraction of sp³-hybridized carbons (Fsp3) is 0.591. The van der Waals surface area contributed by atoms with Crippen LogP contribution in [0.3, 0.4) is 0 Å². The molecule has 1 aromatic carbocycles. The van der Waals surface area contributed by atoms with Gasteiger partial charge in [-0.2, -0.15) is 0 Å². The van der Waals surface area contributed by atoms with Crippen molar-refractivity contribution in [3.8, 4) is 5.75 Å². The first-order valence-electron chi connectivity index (χ1n) is 9.94. The molecule has 31 heavy (non-hydrogen) atoms. The van der Waals surface area contributed by atoms with Crippen molar-refractivity contribution in [3.63, 3.8) is 0 Å². The topological polar surface area (TPSA) is 88.1 Å². The highest BCUT2D eigenvalue weighted by Crippen LogP contribution is 2.20. The number of sulfone groups is 1. The molecule has 176 valence electrons. The highest BCUT2D eigenvalue weighted by Gasteiger charge is 2.22. The number of carbonyl (C=O) groups excluding carboxylic acids is 1. The molecular weight excluding hydrogens is 427 g/mol. The number of esters is 1. The summed E-state index contributed by atoms with van der Waals surface area (Å²) in [7, 11) is -0.510. The Morgan fingerprint density at radius 1 is 1.06 bits per heavy atom. The number of ether oxygens (including phenoxy) is 4. The predicted molar refractivity (Wildman–Crippen MR) is 116 cm³/mol. The summed E-state index contributed by atoms with van der Waals surface area (Å²) in [6, 6.07) is 5.91. The van der Waals surface area contributed by atoms with E-state index in [1.807, 2.05) is 0 Å². The summed E-state index contributed by atoms with van der Waals surface area (Å²) in [6.07, 6.45) is 0.616. The van der Waals surface area contributed by atoms with Gasteiger partial charge in [-0.1, -0.05) is 0 Å². The summed E-state index contributed by atoms with van der Waals surface area (Å²) in [5, 5.41) is 0. The summed E-state index contributed by atoms with van der Waals surface area (Å²) in [5.41, 5.74) is -0.299. The molecule has 1 rings (SSSR count). The van der Waals surface area contributed by atoms with Gasteiger partial charge in [-0.05, 0) is 57.0 Å². The van der Waals surface area contributed by atoms with E-state index in [0.717, 1.165) is 0 Å². The third-order valence-corrected chi connectivity index (χ3v) is 5.99. The Hall–Kier alpha value is -1.97. The first-order valence-corrected chi connectivity index (χ1v) is 11.6. The van der Waals surface area contributed by atoms with Crippen molar-refractivity contribution in [1.82, 2.24) is 0 Å². The third kappa shape index (κ3) is 10.8. The fourth-order valence-corrected chi connectivity index (χ4v) is 4.31. The second kappa shape index (κ2) is 12.8. The van der Waals surface area contributed by atoms with Crippen LogP contribution < -0.4 is 4.74 Å². The first kappa shape index (κ1) is 27.1. The molecule has 0 unspecified atom stereocenters. The van der Waals surface area contributed by atoms with E-state index >= 15 is 0 Å². The SMILES string of the molecule is COCC(COC)CS(=O)(=O)c1ccc(OC/C(=C/F)CCC(=O)OC(C)(C)C)cc1. The van der Waals surface area contributed by atoms with E-state index in [0.29, 0.717) is 17.7 Å². The second-order valence-corrected chi connectivity index (χ2v) is 10.2. The summed E-state index contributed by atoms with van der Waals surface area (Å²) in [6.45, 7) is 5.78. The highest BCUT2D eigenvalue weighted by molar-refractivity contribution is 7.91. The zero-order valence-corrected chi connectivity index (χ0v) is 19.7. The molecule has 0 aliphatic carbocycles. The fourth-order valence-electron chi connectivity index (χ4n) is 2.75. The molecule has 0 heterocycles. The molecule has 0 aromatic heterocycles. The Balaban J connectivity index is 2.63. The van der Waals surface area contributed by atoms with Gasteiger partial charge >= 0.3 is 5.97 Å². The Kier molecular flexibility index (Phi) is 11.2. The standard InChI is InChI=1S/C22H33FO7S/c1-22(2,3)30-21(24)11-6-17(12-23)15-29-19-7-9-20(10-8-19)31(25,26)16-18(13-27-4)14-28-5/h7-10,12,18H,6,11,13-16H2,1-5H3/b17-12+. The number of carbonyl (C=O) groups is 1. The molecule has 0 amide bonds. The number of benzene rings is 1. The van der Waals surface area contributed by atoms with Gasteiger partial charge in [0.05, 0.1) is 30.2 Å². The van der Waals surface area contributed by atoms with E-state index < -0.39 is 21.4 Å². The zero-order valence-electron chi connectivity index (χ0n) is 18.9. The minimum Gasteiger partial charge on any atom is -0.489 e. The Morgan fingerprint density at radius 3 is 2.13 bits per heavy atom. The Labute approximate surface area is 184 Å². The molecule has 0 radical (unpaired) electrons. The lowest BCUT2D eigenvalue weighted by molar-refractivity contribution is -0.154. The van der Waals surface area contributed by atoms with Crippen LogP contribution in [0.5, 0.6) is 5.75 Å². The molecule has 9 heteroatoms. The molecule has 0 saturated heterocycles. The highest BCUT2D eigenvalue weighted by atomic mass is 32.2. The normalized spacial score (nSPS) is 12.8. The van der Waals surface area contributed by atoms with Gasteiger partial charge in [-0.25, -0.2) is 12.8 Å². The van der Waals surface area contributed by atoms with E-state index in [1.54, 1.807) is 20.8 Å². The van der Waals surface area contributed by atoms with E-state index in [-0.39, 0.29) is 49.2 Å². The molecule has 0 aliphatic heterocycles. The molecule has 0 aliphatic rings. The van der Waals surface area contributed by atoms with Gasteiger partial charge in [0.25, 0.3) is 0 Å². The lowest BCUT2D eigenvalue weighted by Crippen LogP contribution is -2.24. The van der Waals surface area contributed by atoms with Gasteiger partial charge in [0.15, 0.2) is 9.84 Å². The van der Waals surface area contributed by atoms with Gasteiger partial charge in [0, 0.05) is 26.6 Å². The lowest BCUT2D eigenvalue weighted by Gasteiger charge is -2.19. The van der Waals surface area contributed by atoms with Crippen molar-refractivity contribution >= 4 is 15.8 Å². The molecule has 0 N–H and O–H groups in total. The molecular formula is C22H33FO7S. The average Bonchev–Trinajstić information content (AvgIpc) is 2.67. The largest absolute Gasteiger partial charge is 0.489 e. The van der Waals surface area contributed by atoms with Gasteiger partial charge in [-0.3, -0.25) is 4.79 Å². The first-order chi connectivity index (χ1) is 14.5. The van der Waals surface area contributed by atoms with Crippen LogP contribution in [0, 0.1) is 5.92 Å². The number of hydrogen-bond donors (Lipinski definition) is 0. The van der Waals surface area contributed by atoms with Crippen molar-refractivity contribution < 1.29 is 36.6 Å². The summed E-state index contributed by atoms with van der Waals surface area (Å²) < 4.78 is 59.2. The maximum Gasteiger partial charge on any atom is 0.306 e. The van der Waals surface area contributed by atoms with E-state index in [9.17, 15) is 17.6 Å². The van der Waals surface area contributed by atoms with Gasteiger partial charge in [0.2, 0.25) is 0 Å². The smallest absolute Gasteiger partial charge is 0.306 e. The van der Waals surface area contributed by atoms with Gasteiger partial charge in [-0.15, -0.1) is 0 Å². The maximum absolute atomic E-state index is 13.1. The molecule has 0 saturated carbocycles. The molecule has 0 bridgehead atoms. The molecule has 0 spiro atoms. The molecule has 7 nitrogen and oxygen atoms in total. The van der Waals surface area contributed by atoms with Crippen LogP contribution in [0.15, 0.2) is 41.1 Å². The number of rotatable bonds is 13. The summed E-state index contributed by atoms with van der Waals surface area (Å²) >= 11 is 0. The van der Waals surface area contributed by atoms with E-state index in [4.69, 9.17) is 18.9 Å². The van der Waals surface area contributed by atoms with Crippen LogP contribution in [0.25, 0.3) is 0 Å². The van der Waals surface area contributed by atoms with Crippen LogP contribution in [0.4, 0.5) is 4.39 Å². The van der Waals surface area contributed by atoms with Crippen molar-refractivity contribution in [2.75, 3.05) is 39.8 Å². The van der Waals surface area contributed by atoms with Crippen LogP contribution in [0.2, 0.25) is 0 Å². The van der Waals surface area contributed by atoms with Crippen LogP contribution in [-0.2, 0) is 28.8 Å². The maximum atomic E-state index is 13.1.